The molecule has 0 saturated carbocycles. The van der Waals surface area contributed by atoms with Crippen LogP contribution in [0.1, 0.15) is 10.4 Å². The number of aromatic carboxylic acids is 1. The van der Waals surface area contributed by atoms with Crippen molar-refractivity contribution in [3.63, 3.8) is 0 Å². The van der Waals surface area contributed by atoms with Gasteiger partial charge in [0.15, 0.2) is 0 Å². The SMILES string of the molecule is O=C(O)c1cc(Nc2cc(F)ccc2Br)ccc1[N+](=O)[O-]. The monoisotopic (exact) mass is 354 g/mol. The van der Waals surface area contributed by atoms with Crippen molar-refractivity contribution in [2.75, 3.05) is 5.32 Å². The van der Waals surface area contributed by atoms with E-state index >= 15 is 0 Å². The summed E-state index contributed by atoms with van der Waals surface area (Å²) in [5.41, 5.74) is -0.284. The Labute approximate surface area is 126 Å². The molecule has 108 valence electrons. The fourth-order valence-corrected chi connectivity index (χ4v) is 2.04. The Morgan fingerprint density at radius 3 is 2.62 bits per heavy atom. The number of halogens is 2. The zero-order chi connectivity index (χ0) is 15.6. The smallest absolute Gasteiger partial charge is 0.342 e. The van der Waals surface area contributed by atoms with E-state index in [0.717, 1.165) is 12.1 Å². The first-order valence-electron chi connectivity index (χ1n) is 5.62. The maximum atomic E-state index is 13.2. The Morgan fingerprint density at radius 1 is 1.29 bits per heavy atom. The van der Waals surface area contributed by atoms with Crippen LogP contribution in [0.5, 0.6) is 0 Å². The molecule has 0 fully saturated rings. The number of nitrogens with zero attached hydrogens (tertiary/aromatic N) is 1. The molecule has 6 nitrogen and oxygen atoms in total. The second-order valence-corrected chi connectivity index (χ2v) is 4.90. The molecular formula is C13H8BrFN2O4. The van der Waals surface area contributed by atoms with Crippen LogP contribution in [0.25, 0.3) is 0 Å². The molecule has 0 radical (unpaired) electrons. The zero-order valence-electron chi connectivity index (χ0n) is 10.3. The van der Waals surface area contributed by atoms with Gasteiger partial charge in [0.25, 0.3) is 5.69 Å². The van der Waals surface area contributed by atoms with Crippen molar-refractivity contribution in [1.29, 1.82) is 0 Å². The molecule has 8 heteroatoms. The van der Waals surface area contributed by atoms with Gasteiger partial charge in [-0.25, -0.2) is 9.18 Å². The van der Waals surface area contributed by atoms with Crippen LogP contribution in [0, 0.1) is 15.9 Å². The Kier molecular flexibility index (Phi) is 4.18. The first-order chi connectivity index (χ1) is 9.88. The average Bonchev–Trinajstić information content (AvgIpc) is 2.42. The second-order valence-electron chi connectivity index (χ2n) is 4.04. The van der Waals surface area contributed by atoms with E-state index in [0.29, 0.717) is 15.8 Å². The van der Waals surface area contributed by atoms with Gasteiger partial charge in [-0.3, -0.25) is 10.1 Å². The minimum atomic E-state index is -1.41. The minimum absolute atomic E-state index is 0.296. The largest absolute Gasteiger partial charge is 0.477 e. The predicted octanol–water partition coefficient (Wildman–Crippen LogP) is 3.94. The first kappa shape index (κ1) is 14.9. The van der Waals surface area contributed by atoms with Crippen LogP contribution in [0.15, 0.2) is 40.9 Å². The number of hydrogen-bond acceptors (Lipinski definition) is 4. The van der Waals surface area contributed by atoms with E-state index in [2.05, 4.69) is 21.2 Å². The Balaban J connectivity index is 2.41. The summed E-state index contributed by atoms with van der Waals surface area (Å²) in [6.07, 6.45) is 0. The number of carboxylic acids is 1. The van der Waals surface area contributed by atoms with Gasteiger partial charge in [-0.1, -0.05) is 0 Å². The first-order valence-corrected chi connectivity index (χ1v) is 6.41. The lowest BCUT2D eigenvalue weighted by molar-refractivity contribution is -0.385. The van der Waals surface area contributed by atoms with Gasteiger partial charge in [-0.2, -0.15) is 0 Å². The van der Waals surface area contributed by atoms with Gasteiger partial charge in [0, 0.05) is 16.2 Å². The van der Waals surface area contributed by atoms with Crippen molar-refractivity contribution >= 4 is 39.0 Å². The van der Waals surface area contributed by atoms with Gasteiger partial charge in [-0.05, 0) is 46.3 Å². The van der Waals surface area contributed by atoms with E-state index in [9.17, 15) is 19.3 Å². The third-order valence-electron chi connectivity index (χ3n) is 2.63. The molecular weight excluding hydrogens is 347 g/mol. The minimum Gasteiger partial charge on any atom is -0.477 e. The number of hydrogen-bond donors (Lipinski definition) is 2. The van der Waals surface area contributed by atoms with Gasteiger partial charge < -0.3 is 10.4 Å². The number of benzene rings is 2. The predicted molar refractivity (Wildman–Crippen MR) is 77.4 cm³/mol. The van der Waals surface area contributed by atoms with Gasteiger partial charge in [0.1, 0.15) is 11.4 Å². The molecule has 0 saturated heterocycles. The molecule has 0 spiro atoms. The summed E-state index contributed by atoms with van der Waals surface area (Å²) in [6.45, 7) is 0. The highest BCUT2D eigenvalue weighted by atomic mass is 79.9. The highest BCUT2D eigenvalue weighted by Crippen LogP contribution is 2.29. The Bertz CT molecular complexity index is 736. The van der Waals surface area contributed by atoms with Gasteiger partial charge >= 0.3 is 5.97 Å². The van der Waals surface area contributed by atoms with Crippen LogP contribution in [0.3, 0.4) is 0 Å². The van der Waals surface area contributed by atoms with Crippen molar-refractivity contribution in [3.05, 3.63) is 62.4 Å². The lowest BCUT2D eigenvalue weighted by atomic mass is 10.1. The fourth-order valence-electron chi connectivity index (χ4n) is 1.69. The standard InChI is InChI=1S/C13H8BrFN2O4/c14-10-3-1-7(15)5-11(10)16-8-2-4-12(17(20)21)9(6-8)13(18)19/h1-6,16H,(H,18,19). The number of carboxylic acid groups (broad SMARTS) is 1. The van der Waals surface area contributed by atoms with Crippen LogP contribution in [-0.4, -0.2) is 16.0 Å². The highest BCUT2D eigenvalue weighted by molar-refractivity contribution is 9.10. The van der Waals surface area contributed by atoms with E-state index in [-0.39, 0.29) is 0 Å². The third-order valence-corrected chi connectivity index (χ3v) is 3.32. The maximum Gasteiger partial charge on any atom is 0.342 e. The molecule has 0 aliphatic carbocycles. The second kappa shape index (κ2) is 5.88. The molecule has 0 amide bonds. The van der Waals surface area contributed by atoms with Crippen molar-refractivity contribution in [3.8, 4) is 0 Å². The van der Waals surface area contributed by atoms with Crippen molar-refractivity contribution < 1.29 is 19.2 Å². The molecule has 2 aromatic carbocycles. The number of rotatable bonds is 4. The maximum absolute atomic E-state index is 13.2. The van der Waals surface area contributed by atoms with E-state index < -0.39 is 28.0 Å². The molecule has 2 rings (SSSR count). The number of nitrogens with one attached hydrogen (secondary N) is 1. The molecule has 0 unspecified atom stereocenters. The summed E-state index contributed by atoms with van der Waals surface area (Å²) in [7, 11) is 0. The van der Waals surface area contributed by atoms with Crippen molar-refractivity contribution in [2.24, 2.45) is 0 Å². The summed E-state index contributed by atoms with van der Waals surface area (Å²) >= 11 is 3.22. The lowest BCUT2D eigenvalue weighted by Gasteiger charge is -2.09. The van der Waals surface area contributed by atoms with Crippen LogP contribution in [0.2, 0.25) is 0 Å². The van der Waals surface area contributed by atoms with E-state index in [1.54, 1.807) is 0 Å². The van der Waals surface area contributed by atoms with Crippen molar-refractivity contribution in [2.45, 2.75) is 0 Å². The molecule has 21 heavy (non-hydrogen) atoms. The molecule has 0 heterocycles. The van der Waals surface area contributed by atoms with Crippen LogP contribution in [-0.2, 0) is 0 Å². The molecule has 0 bridgehead atoms. The Morgan fingerprint density at radius 2 is 2.00 bits per heavy atom. The zero-order valence-corrected chi connectivity index (χ0v) is 11.9. The lowest BCUT2D eigenvalue weighted by Crippen LogP contribution is -2.04. The fraction of sp³-hybridized carbons (Fsp3) is 0. The molecule has 2 N–H and O–H groups in total. The highest BCUT2D eigenvalue weighted by Gasteiger charge is 2.20. The molecule has 0 aliphatic heterocycles. The number of carbonyl (C=O) groups is 1. The molecule has 0 atom stereocenters. The molecule has 2 aromatic rings. The quantitative estimate of drug-likeness (QED) is 0.640. The number of nitro groups is 1. The number of nitro benzene ring substituents is 1. The summed E-state index contributed by atoms with van der Waals surface area (Å²) < 4.78 is 13.8. The van der Waals surface area contributed by atoms with Crippen LogP contribution >= 0.6 is 15.9 Å². The topological polar surface area (TPSA) is 92.5 Å². The molecule has 0 aliphatic rings. The summed E-state index contributed by atoms with van der Waals surface area (Å²) in [4.78, 5) is 21.0. The normalized spacial score (nSPS) is 10.2. The van der Waals surface area contributed by atoms with Crippen LogP contribution < -0.4 is 5.32 Å². The van der Waals surface area contributed by atoms with Crippen molar-refractivity contribution in [1.82, 2.24) is 0 Å². The van der Waals surface area contributed by atoms with Gasteiger partial charge in [-0.15, -0.1) is 0 Å². The Hall–Kier alpha value is -2.48. The summed E-state index contributed by atoms with van der Waals surface area (Å²) in [5, 5.41) is 22.6. The summed E-state index contributed by atoms with van der Waals surface area (Å²) in [6, 6.07) is 7.51. The summed E-state index contributed by atoms with van der Waals surface area (Å²) in [5.74, 6) is -1.88. The number of anilines is 2. The average molecular weight is 355 g/mol. The third kappa shape index (κ3) is 3.34. The van der Waals surface area contributed by atoms with E-state index in [1.165, 1.54) is 24.3 Å². The van der Waals surface area contributed by atoms with E-state index in [1.807, 2.05) is 0 Å². The van der Waals surface area contributed by atoms with Gasteiger partial charge in [0.2, 0.25) is 0 Å². The van der Waals surface area contributed by atoms with Crippen LogP contribution in [0.4, 0.5) is 21.5 Å². The van der Waals surface area contributed by atoms with Gasteiger partial charge in [0.05, 0.1) is 10.6 Å². The molecule has 0 aromatic heterocycles. The van der Waals surface area contributed by atoms with E-state index in [4.69, 9.17) is 5.11 Å².